The third kappa shape index (κ3) is 3.35. The van der Waals surface area contributed by atoms with Crippen LogP contribution in [0.4, 0.5) is 0 Å². The van der Waals surface area contributed by atoms with Crippen LogP contribution < -0.4 is 0 Å². The molecule has 2 rings (SSSR count). The van der Waals surface area contributed by atoms with Gasteiger partial charge in [-0.3, -0.25) is 4.79 Å². The maximum atomic E-state index is 12.4. The summed E-state index contributed by atoms with van der Waals surface area (Å²) in [6.07, 6.45) is 5.22. The molecule has 0 saturated carbocycles. The lowest BCUT2D eigenvalue weighted by Gasteiger charge is -2.32. The number of nitrogens with zero attached hydrogens (tertiary/aromatic N) is 2. The number of aryl methyl sites for hydroxylation is 1. The summed E-state index contributed by atoms with van der Waals surface area (Å²) in [5.41, 5.74) is 0.457. The number of carbonyl (C=O) groups is 1. The Kier molecular flexibility index (Phi) is 4.96. The van der Waals surface area contributed by atoms with Gasteiger partial charge >= 0.3 is 0 Å². The van der Waals surface area contributed by atoms with Gasteiger partial charge in [-0.1, -0.05) is 13.8 Å². The highest BCUT2D eigenvalue weighted by atomic mass is 16.5. The number of carbonyl (C=O) groups excluding carboxylic acids is 1. The summed E-state index contributed by atoms with van der Waals surface area (Å²) >= 11 is 0. The summed E-state index contributed by atoms with van der Waals surface area (Å²) in [4.78, 5) is 18.3. The Labute approximate surface area is 113 Å². The van der Waals surface area contributed by atoms with E-state index in [1.807, 2.05) is 11.8 Å². The van der Waals surface area contributed by atoms with Gasteiger partial charge in [-0.25, -0.2) is 4.98 Å². The number of aromatic nitrogens is 1. The van der Waals surface area contributed by atoms with Crippen molar-refractivity contribution in [1.82, 2.24) is 9.88 Å². The Morgan fingerprint density at radius 2 is 2.42 bits per heavy atom. The second kappa shape index (κ2) is 6.70. The first-order valence-corrected chi connectivity index (χ1v) is 7.09. The van der Waals surface area contributed by atoms with E-state index in [1.54, 1.807) is 0 Å². The fourth-order valence-corrected chi connectivity index (χ4v) is 2.39. The predicted molar refractivity (Wildman–Crippen MR) is 71.0 cm³/mol. The zero-order valence-electron chi connectivity index (χ0n) is 11.7. The van der Waals surface area contributed by atoms with Gasteiger partial charge in [-0.15, -0.1) is 0 Å². The van der Waals surface area contributed by atoms with E-state index in [9.17, 15) is 4.79 Å². The van der Waals surface area contributed by atoms with Crippen LogP contribution in [0.15, 0.2) is 10.8 Å². The van der Waals surface area contributed by atoms with Crippen molar-refractivity contribution in [1.29, 1.82) is 0 Å². The molecule has 0 N–H and O–H groups in total. The third-order valence-corrected chi connectivity index (χ3v) is 3.39. The average Bonchev–Trinajstić information content (AvgIpc) is 2.93. The number of amides is 1. The number of rotatable bonds is 5. The summed E-state index contributed by atoms with van der Waals surface area (Å²) in [5, 5.41) is 0. The van der Waals surface area contributed by atoms with Gasteiger partial charge in [0.25, 0.3) is 5.91 Å². The molecule has 0 aliphatic carbocycles. The molecule has 0 spiro atoms. The van der Waals surface area contributed by atoms with E-state index in [-0.39, 0.29) is 12.0 Å². The number of piperidine rings is 1. The third-order valence-electron chi connectivity index (χ3n) is 3.39. The van der Waals surface area contributed by atoms with Crippen LogP contribution >= 0.6 is 0 Å². The van der Waals surface area contributed by atoms with Gasteiger partial charge in [0.15, 0.2) is 12.1 Å². The van der Waals surface area contributed by atoms with Gasteiger partial charge < -0.3 is 14.1 Å². The predicted octanol–water partition coefficient (Wildman–Crippen LogP) is 2.27. The molecule has 1 saturated heterocycles. The smallest absolute Gasteiger partial charge is 0.276 e. The Hall–Kier alpha value is -1.36. The van der Waals surface area contributed by atoms with Crippen LogP contribution in [-0.2, 0) is 11.2 Å². The van der Waals surface area contributed by atoms with Gasteiger partial charge in [0.05, 0.1) is 6.10 Å². The second-order valence-corrected chi connectivity index (χ2v) is 4.86. The summed E-state index contributed by atoms with van der Waals surface area (Å²) in [6, 6.07) is 0. The van der Waals surface area contributed by atoms with Crippen molar-refractivity contribution in [3.8, 4) is 0 Å². The molecular weight excluding hydrogens is 244 g/mol. The van der Waals surface area contributed by atoms with Crippen molar-refractivity contribution in [2.24, 2.45) is 0 Å². The largest absolute Gasteiger partial charge is 0.448 e. The van der Waals surface area contributed by atoms with Gasteiger partial charge in [-0.2, -0.15) is 0 Å². The molecule has 106 valence electrons. The van der Waals surface area contributed by atoms with E-state index in [0.717, 1.165) is 32.4 Å². The van der Waals surface area contributed by atoms with E-state index < -0.39 is 0 Å². The highest BCUT2D eigenvalue weighted by molar-refractivity contribution is 5.93. The zero-order valence-corrected chi connectivity index (χ0v) is 11.7. The van der Waals surface area contributed by atoms with Crippen LogP contribution in [0.5, 0.6) is 0 Å². The van der Waals surface area contributed by atoms with Gasteiger partial charge in [0, 0.05) is 26.1 Å². The number of hydrogen-bond acceptors (Lipinski definition) is 4. The molecule has 1 aromatic heterocycles. The highest BCUT2D eigenvalue weighted by Crippen LogP contribution is 2.17. The van der Waals surface area contributed by atoms with E-state index >= 15 is 0 Å². The topological polar surface area (TPSA) is 55.6 Å². The molecule has 0 bridgehead atoms. The van der Waals surface area contributed by atoms with E-state index in [4.69, 9.17) is 9.15 Å². The van der Waals surface area contributed by atoms with E-state index in [0.29, 0.717) is 24.4 Å². The lowest BCUT2D eigenvalue weighted by Crippen LogP contribution is -2.43. The Morgan fingerprint density at radius 3 is 3.16 bits per heavy atom. The van der Waals surface area contributed by atoms with E-state index in [2.05, 4.69) is 11.9 Å². The van der Waals surface area contributed by atoms with Crippen LogP contribution in [0, 0.1) is 0 Å². The number of ether oxygens (including phenoxy) is 1. The molecular formula is C14H22N2O3. The number of likely N-dealkylation sites (tertiary alicyclic amines) is 1. The number of oxazole rings is 1. The lowest BCUT2D eigenvalue weighted by atomic mass is 10.1. The summed E-state index contributed by atoms with van der Waals surface area (Å²) < 4.78 is 11.0. The first-order valence-electron chi connectivity index (χ1n) is 7.09. The molecule has 1 atom stereocenters. The highest BCUT2D eigenvalue weighted by Gasteiger charge is 2.27. The van der Waals surface area contributed by atoms with Crippen molar-refractivity contribution in [3.05, 3.63) is 17.8 Å². The normalized spacial score (nSPS) is 19.7. The first-order chi connectivity index (χ1) is 9.26. The van der Waals surface area contributed by atoms with Crippen LogP contribution in [0.25, 0.3) is 0 Å². The molecule has 5 heteroatoms. The summed E-state index contributed by atoms with van der Waals surface area (Å²) in [7, 11) is 0. The maximum absolute atomic E-state index is 12.4. The molecule has 5 nitrogen and oxygen atoms in total. The minimum Gasteiger partial charge on any atom is -0.448 e. The molecule has 2 heterocycles. The van der Waals surface area contributed by atoms with Crippen molar-refractivity contribution >= 4 is 5.91 Å². The van der Waals surface area contributed by atoms with Crippen molar-refractivity contribution < 1.29 is 13.9 Å². The fourth-order valence-electron chi connectivity index (χ4n) is 2.39. The minimum atomic E-state index is -0.0320. The zero-order chi connectivity index (χ0) is 13.7. The molecule has 0 aromatic carbocycles. The molecule has 1 aromatic rings. The monoisotopic (exact) mass is 266 g/mol. The van der Waals surface area contributed by atoms with Crippen LogP contribution in [0.1, 0.15) is 49.4 Å². The Morgan fingerprint density at radius 1 is 1.58 bits per heavy atom. The second-order valence-electron chi connectivity index (χ2n) is 4.86. The van der Waals surface area contributed by atoms with Gasteiger partial charge in [0.2, 0.25) is 0 Å². The van der Waals surface area contributed by atoms with Crippen LogP contribution in [0.2, 0.25) is 0 Å². The van der Waals surface area contributed by atoms with E-state index in [1.165, 1.54) is 6.39 Å². The van der Waals surface area contributed by atoms with Crippen LogP contribution in [0.3, 0.4) is 0 Å². The SMILES string of the molecule is CCCOC1CCCN(C(=O)c2ncoc2CC)C1. The molecule has 19 heavy (non-hydrogen) atoms. The Balaban J connectivity index is 1.99. The van der Waals surface area contributed by atoms with Crippen molar-refractivity contribution in [3.63, 3.8) is 0 Å². The van der Waals surface area contributed by atoms with Crippen molar-refractivity contribution in [2.45, 2.75) is 45.6 Å². The molecule has 1 unspecified atom stereocenters. The lowest BCUT2D eigenvalue weighted by molar-refractivity contribution is 0.00187. The maximum Gasteiger partial charge on any atom is 0.276 e. The molecule has 1 aliphatic heterocycles. The minimum absolute atomic E-state index is 0.0320. The summed E-state index contributed by atoms with van der Waals surface area (Å²) in [6.45, 7) is 6.25. The molecule has 1 fully saturated rings. The van der Waals surface area contributed by atoms with Crippen molar-refractivity contribution in [2.75, 3.05) is 19.7 Å². The first kappa shape index (κ1) is 14.1. The average molecular weight is 266 g/mol. The fraction of sp³-hybridized carbons (Fsp3) is 0.714. The quantitative estimate of drug-likeness (QED) is 0.820. The van der Waals surface area contributed by atoms with Crippen LogP contribution in [-0.4, -0.2) is 41.6 Å². The Bertz CT molecular complexity index is 417. The molecule has 0 radical (unpaired) electrons. The molecule has 1 aliphatic rings. The summed E-state index contributed by atoms with van der Waals surface area (Å²) in [5.74, 6) is 0.636. The molecule has 1 amide bonds. The van der Waals surface area contributed by atoms with Gasteiger partial charge in [0.1, 0.15) is 5.76 Å². The number of hydrogen-bond donors (Lipinski definition) is 0. The van der Waals surface area contributed by atoms with Gasteiger partial charge in [-0.05, 0) is 19.3 Å². The standard InChI is InChI=1S/C14H22N2O3/c1-3-8-18-11-6-5-7-16(9-11)14(17)13-12(4-2)19-10-15-13/h10-11H,3-9H2,1-2H3.